The predicted molar refractivity (Wildman–Crippen MR) is 66.1 cm³/mol. The summed E-state index contributed by atoms with van der Waals surface area (Å²) in [6.45, 7) is 4.36. The number of hydrogen-bond acceptors (Lipinski definition) is 2. The van der Waals surface area contributed by atoms with Crippen molar-refractivity contribution in [3.63, 3.8) is 0 Å². The third-order valence-electron chi connectivity index (χ3n) is 3.67. The van der Waals surface area contributed by atoms with Gasteiger partial charge in [-0.3, -0.25) is 0 Å². The normalized spacial score (nSPS) is 17.8. The van der Waals surface area contributed by atoms with Crippen LogP contribution in [-0.2, 0) is 0 Å². The maximum Gasteiger partial charge on any atom is 0.129 e. The molecule has 0 heterocycles. The van der Waals surface area contributed by atoms with Gasteiger partial charge in [0.2, 0.25) is 0 Å². The fourth-order valence-corrected chi connectivity index (χ4v) is 2.19. The standard InChI is InChI=1S/C14H19F2NO/c1-14(2,9-3-4-9)17-8-13(18)11-7-10(15)5-6-12(11)16/h5-7,9,13,17-18H,3-4,8H2,1-2H3. The summed E-state index contributed by atoms with van der Waals surface area (Å²) in [5, 5.41) is 13.1. The molecule has 2 rings (SSSR count). The van der Waals surface area contributed by atoms with Crippen LogP contribution in [0.15, 0.2) is 18.2 Å². The largest absolute Gasteiger partial charge is 0.387 e. The number of aliphatic hydroxyl groups excluding tert-OH is 1. The Balaban J connectivity index is 1.98. The van der Waals surface area contributed by atoms with Crippen LogP contribution in [0.5, 0.6) is 0 Å². The van der Waals surface area contributed by atoms with Gasteiger partial charge in [-0.1, -0.05) is 0 Å². The van der Waals surface area contributed by atoms with Gasteiger partial charge in [0.05, 0.1) is 6.10 Å². The number of nitrogens with one attached hydrogen (secondary N) is 1. The van der Waals surface area contributed by atoms with Gasteiger partial charge in [-0.05, 0) is 50.8 Å². The summed E-state index contributed by atoms with van der Waals surface area (Å²) in [6, 6.07) is 3.14. The number of aliphatic hydroxyl groups is 1. The number of halogens is 2. The van der Waals surface area contributed by atoms with Crippen LogP contribution in [0.2, 0.25) is 0 Å². The Kier molecular flexibility index (Phi) is 3.69. The van der Waals surface area contributed by atoms with Crippen molar-refractivity contribution in [2.24, 2.45) is 5.92 Å². The van der Waals surface area contributed by atoms with Crippen LogP contribution in [0.25, 0.3) is 0 Å². The summed E-state index contributed by atoms with van der Waals surface area (Å²) < 4.78 is 26.5. The molecule has 1 aliphatic carbocycles. The first kappa shape index (κ1) is 13.4. The van der Waals surface area contributed by atoms with Crippen LogP contribution in [0.3, 0.4) is 0 Å². The third kappa shape index (κ3) is 3.06. The summed E-state index contributed by atoms with van der Waals surface area (Å²) in [4.78, 5) is 0. The second-order valence-corrected chi connectivity index (χ2v) is 5.56. The zero-order valence-corrected chi connectivity index (χ0v) is 10.7. The van der Waals surface area contributed by atoms with Crippen molar-refractivity contribution in [1.29, 1.82) is 0 Å². The quantitative estimate of drug-likeness (QED) is 0.848. The topological polar surface area (TPSA) is 32.3 Å². The van der Waals surface area contributed by atoms with Crippen molar-refractivity contribution in [3.8, 4) is 0 Å². The van der Waals surface area contributed by atoms with E-state index in [1.54, 1.807) is 0 Å². The molecule has 1 saturated carbocycles. The molecule has 0 bridgehead atoms. The lowest BCUT2D eigenvalue weighted by Gasteiger charge is -2.28. The molecule has 0 amide bonds. The highest BCUT2D eigenvalue weighted by atomic mass is 19.1. The Morgan fingerprint density at radius 3 is 2.67 bits per heavy atom. The summed E-state index contributed by atoms with van der Waals surface area (Å²) in [5.74, 6) is -0.496. The van der Waals surface area contributed by atoms with E-state index in [1.165, 1.54) is 12.8 Å². The van der Waals surface area contributed by atoms with Crippen LogP contribution in [0.4, 0.5) is 8.78 Å². The highest BCUT2D eigenvalue weighted by molar-refractivity contribution is 5.21. The summed E-state index contributed by atoms with van der Waals surface area (Å²) in [6.07, 6.45) is 1.34. The first-order chi connectivity index (χ1) is 8.40. The third-order valence-corrected chi connectivity index (χ3v) is 3.67. The van der Waals surface area contributed by atoms with E-state index in [4.69, 9.17) is 0 Å². The molecule has 0 radical (unpaired) electrons. The minimum Gasteiger partial charge on any atom is -0.387 e. The van der Waals surface area contributed by atoms with Gasteiger partial charge in [-0.2, -0.15) is 0 Å². The molecule has 0 saturated heterocycles. The fourth-order valence-electron chi connectivity index (χ4n) is 2.19. The molecule has 1 atom stereocenters. The van der Waals surface area contributed by atoms with Crippen molar-refractivity contribution < 1.29 is 13.9 Å². The minimum atomic E-state index is -1.03. The molecule has 1 aromatic carbocycles. The van der Waals surface area contributed by atoms with Gasteiger partial charge in [0.1, 0.15) is 11.6 Å². The van der Waals surface area contributed by atoms with Crippen molar-refractivity contribution in [2.45, 2.75) is 38.3 Å². The second-order valence-electron chi connectivity index (χ2n) is 5.56. The highest BCUT2D eigenvalue weighted by Gasteiger charge is 2.37. The molecular weight excluding hydrogens is 236 g/mol. The Bertz CT molecular complexity index is 430. The molecule has 1 fully saturated rings. The molecule has 2 N–H and O–H groups in total. The van der Waals surface area contributed by atoms with Gasteiger partial charge in [-0.15, -0.1) is 0 Å². The molecule has 0 aliphatic heterocycles. The van der Waals surface area contributed by atoms with Gasteiger partial charge in [-0.25, -0.2) is 8.78 Å². The summed E-state index contributed by atoms with van der Waals surface area (Å²) >= 11 is 0. The van der Waals surface area contributed by atoms with E-state index in [0.29, 0.717) is 5.92 Å². The van der Waals surface area contributed by atoms with Gasteiger partial charge >= 0.3 is 0 Å². The van der Waals surface area contributed by atoms with E-state index in [1.807, 2.05) is 0 Å². The smallest absolute Gasteiger partial charge is 0.129 e. The molecule has 1 unspecified atom stereocenters. The van der Waals surface area contributed by atoms with Gasteiger partial charge in [0, 0.05) is 17.6 Å². The molecule has 1 aromatic rings. The number of rotatable bonds is 5. The Labute approximate surface area is 106 Å². The van der Waals surface area contributed by atoms with Crippen LogP contribution < -0.4 is 5.32 Å². The molecular formula is C14H19F2NO. The predicted octanol–water partition coefficient (Wildman–Crippen LogP) is 2.78. The lowest BCUT2D eigenvalue weighted by molar-refractivity contribution is 0.152. The van der Waals surface area contributed by atoms with Crippen LogP contribution >= 0.6 is 0 Å². The molecule has 4 heteroatoms. The monoisotopic (exact) mass is 255 g/mol. The maximum atomic E-state index is 13.5. The van der Waals surface area contributed by atoms with Crippen molar-refractivity contribution >= 4 is 0 Å². The molecule has 0 aromatic heterocycles. The highest BCUT2D eigenvalue weighted by Crippen LogP contribution is 2.39. The molecule has 18 heavy (non-hydrogen) atoms. The minimum absolute atomic E-state index is 0.00842. The Hall–Kier alpha value is -1.00. The number of β-amino-alcohol motifs (C(OH)–C–C–N with tert-alkyl or cyclic N) is 1. The Morgan fingerprint density at radius 1 is 1.39 bits per heavy atom. The van der Waals surface area contributed by atoms with Gasteiger partial charge < -0.3 is 10.4 Å². The van der Waals surface area contributed by atoms with Crippen molar-refractivity contribution in [2.75, 3.05) is 6.54 Å². The van der Waals surface area contributed by atoms with E-state index in [-0.39, 0.29) is 17.6 Å². The first-order valence-electron chi connectivity index (χ1n) is 6.28. The van der Waals surface area contributed by atoms with E-state index in [0.717, 1.165) is 18.2 Å². The molecule has 100 valence electrons. The first-order valence-corrected chi connectivity index (χ1v) is 6.28. The zero-order valence-electron chi connectivity index (χ0n) is 10.7. The van der Waals surface area contributed by atoms with E-state index >= 15 is 0 Å². The van der Waals surface area contributed by atoms with Gasteiger partial charge in [0.25, 0.3) is 0 Å². The lowest BCUT2D eigenvalue weighted by Crippen LogP contribution is -2.43. The number of benzene rings is 1. The summed E-state index contributed by atoms with van der Waals surface area (Å²) in [7, 11) is 0. The van der Waals surface area contributed by atoms with Crippen molar-refractivity contribution in [1.82, 2.24) is 5.32 Å². The molecule has 0 spiro atoms. The average molecular weight is 255 g/mol. The molecule has 1 aliphatic rings. The zero-order chi connectivity index (χ0) is 13.3. The van der Waals surface area contributed by atoms with Crippen LogP contribution in [0.1, 0.15) is 38.4 Å². The molecule has 2 nitrogen and oxygen atoms in total. The number of hydrogen-bond donors (Lipinski definition) is 2. The SMILES string of the molecule is CC(C)(NCC(O)c1cc(F)ccc1F)C1CC1. The van der Waals surface area contributed by atoms with Crippen LogP contribution in [0, 0.1) is 17.6 Å². The fraction of sp³-hybridized carbons (Fsp3) is 0.571. The Morgan fingerprint density at radius 2 is 2.06 bits per heavy atom. The van der Waals surface area contributed by atoms with Gasteiger partial charge in [0.15, 0.2) is 0 Å². The van der Waals surface area contributed by atoms with Crippen molar-refractivity contribution in [3.05, 3.63) is 35.4 Å². The van der Waals surface area contributed by atoms with Crippen LogP contribution in [-0.4, -0.2) is 17.2 Å². The average Bonchev–Trinajstić information content (AvgIpc) is 3.13. The summed E-state index contributed by atoms with van der Waals surface area (Å²) in [5.41, 5.74) is -0.0563. The van der Waals surface area contributed by atoms with E-state index < -0.39 is 17.7 Å². The van der Waals surface area contributed by atoms with E-state index in [9.17, 15) is 13.9 Å². The lowest BCUT2D eigenvalue weighted by atomic mass is 9.98. The van der Waals surface area contributed by atoms with E-state index in [2.05, 4.69) is 19.2 Å². The maximum absolute atomic E-state index is 13.5. The second kappa shape index (κ2) is 4.94.